The van der Waals surface area contributed by atoms with E-state index in [0.29, 0.717) is 42.3 Å². The van der Waals surface area contributed by atoms with Gasteiger partial charge in [0.25, 0.3) is 11.8 Å². The van der Waals surface area contributed by atoms with Gasteiger partial charge in [0.15, 0.2) is 11.5 Å². The largest absolute Gasteiger partial charge is 0.486 e. The van der Waals surface area contributed by atoms with Crippen LogP contribution in [0.2, 0.25) is 0 Å². The molecule has 2 N–H and O–H groups in total. The molecule has 1 aliphatic carbocycles. The summed E-state index contributed by atoms with van der Waals surface area (Å²) in [7, 11) is 0. The fourth-order valence-corrected chi connectivity index (χ4v) is 5.50. The zero-order valence-corrected chi connectivity index (χ0v) is 19.0. The summed E-state index contributed by atoms with van der Waals surface area (Å²) in [5.74, 6) is 1.10. The first kappa shape index (κ1) is 21.5. The van der Waals surface area contributed by atoms with Crippen LogP contribution >= 0.6 is 11.3 Å². The quantitative estimate of drug-likeness (QED) is 0.576. The molecule has 2 aromatic heterocycles. The van der Waals surface area contributed by atoms with Crippen molar-refractivity contribution in [2.45, 2.75) is 32.1 Å². The van der Waals surface area contributed by atoms with Crippen LogP contribution < -0.4 is 20.1 Å². The number of hydrogen-bond acceptors (Lipinski definition) is 6. The summed E-state index contributed by atoms with van der Waals surface area (Å²) in [6, 6.07) is 9.30. The maximum Gasteiger partial charge on any atom is 0.257 e. The smallest absolute Gasteiger partial charge is 0.257 e. The lowest BCUT2D eigenvalue weighted by Crippen LogP contribution is -2.28. The third-order valence-electron chi connectivity index (χ3n) is 5.85. The molecule has 0 saturated carbocycles. The molecular formula is C25H25N3O4S. The van der Waals surface area contributed by atoms with Crippen molar-refractivity contribution in [3.05, 3.63) is 69.9 Å². The Hall–Kier alpha value is -3.39. The van der Waals surface area contributed by atoms with Crippen LogP contribution in [0.3, 0.4) is 0 Å². The van der Waals surface area contributed by atoms with E-state index in [-0.39, 0.29) is 11.8 Å². The minimum atomic E-state index is -0.257. The molecule has 1 aromatic carbocycles. The normalized spacial score (nSPS) is 14.3. The number of carbonyl (C=O) groups is 2. The van der Waals surface area contributed by atoms with Crippen molar-refractivity contribution in [2.24, 2.45) is 0 Å². The molecule has 3 heterocycles. The molecule has 0 fully saturated rings. The van der Waals surface area contributed by atoms with Gasteiger partial charge >= 0.3 is 0 Å². The zero-order chi connectivity index (χ0) is 22.6. The molecule has 2 amide bonds. The van der Waals surface area contributed by atoms with Crippen molar-refractivity contribution < 1.29 is 19.1 Å². The fraction of sp³-hybridized carbons (Fsp3) is 0.320. The molecule has 0 spiro atoms. The monoisotopic (exact) mass is 463 g/mol. The average Bonchev–Trinajstić information content (AvgIpc) is 3.22. The van der Waals surface area contributed by atoms with Crippen molar-refractivity contribution in [3.8, 4) is 11.5 Å². The highest BCUT2D eigenvalue weighted by Gasteiger charge is 2.26. The van der Waals surface area contributed by atoms with E-state index >= 15 is 0 Å². The average molecular weight is 464 g/mol. The Morgan fingerprint density at radius 2 is 1.88 bits per heavy atom. The van der Waals surface area contributed by atoms with Crippen molar-refractivity contribution in [2.75, 3.05) is 25.1 Å². The summed E-state index contributed by atoms with van der Waals surface area (Å²) in [6.45, 7) is 1.59. The van der Waals surface area contributed by atoms with E-state index in [1.807, 2.05) is 18.2 Å². The summed E-state index contributed by atoms with van der Waals surface area (Å²) in [5.41, 5.74) is 3.21. The lowest BCUT2D eigenvalue weighted by Gasteiger charge is -2.19. The van der Waals surface area contributed by atoms with Gasteiger partial charge < -0.3 is 20.1 Å². The molecule has 170 valence electrons. The Bertz CT molecular complexity index is 1180. The van der Waals surface area contributed by atoms with Gasteiger partial charge in [-0.3, -0.25) is 14.6 Å². The van der Waals surface area contributed by atoms with E-state index in [0.717, 1.165) is 48.3 Å². The number of benzene rings is 1. The highest BCUT2D eigenvalue weighted by molar-refractivity contribution is 7.17. The van der Waals surface area contributed by atoms with Crippen LogP contribution in [0.15, 0.2) is 42.7 Å². The number of aromatic nitrogens is 1. The molecular weight excluding hydrogens is 438 g/mol. The number of carbonyl (C=O) groups excluding carboxylic acids is 2. The number of thiophene rings is 1. The van der Waals surface area contributed by atoms with Crippen molar-refractivity contribution in [1.29, 1.82) is 0 Å². The predicted molar refractivity (Wildman–Crippen MR) is 127 cm³/mol. The molecule has 0 saturated heterocycles. The molecule has 7 nitrogen and oxygen atoms in total. The number of anilines is 1. The van der Waals surface area contributed by atoms with Gasteiger partial charge in [0.05, 0.1) is 11.1 Å². The van der Waals surface area contributed by atoms with Crippen molar-refractivity contribution >= 4 is 28.2 Å². The summed E-state index contributed by atoms with van der Waals surface area (Å²) >= 11 is 1.51. The van der Waals surface area contributed by atoms with E-state index in [2.05, 4.69) is 15.6 Å². The summed E-state index contributed by atoms with van der Waals surface area (Å²) in [4.78, 5) is 31.2. The number of rotatable bonds is 6. The highest BCUT2D eigenvalue weighted by Crippen LogP contribution is 2.38. The van der Waals surface area contributed by atoms with E-state index in [1.165, 1.54) is 22.4 Å². The molecule has 2 aliphatic rings. The number of pyridine rings is 1. The second-order valence-corrected chi connectivity index (χ2v) is 9.20. The first-order valence-electron chi connectivity index (χ1n) is 11.2. The SMILES string of the molecule is O=C(Nc1sc2c(c1C(=O)NCCc1ccc3c(c1)OCCO3)CCCC2)c1cccnc1. The van der Waals surface area contributed by atoms with Gasteiger partial charge in [0, 0.05) is 23.8 Å². The lowest BCUT2D eigenvalue weighted by atomic mass is 9.95. The predicted octanol–water partition coefficient (Wildman–Crippen LogP) is 4.02. The van der Waals surface area contributed by atoms with Gasteiger partial charge in [-0.05, 0) is 67.5 Å². The molecule has 0 bridgehead atoms. The van der Waals surface area contributed by atoms with Gasteiger partial charge in [0.2, 0.25) is 0 Å². The molecule has 1 aliphatic heterocycles. The third kappa shape index (κ3) is 4.71. The molecule has 0 unspecified atom stereocenters. The topological polar surface area (TPSA) is 89.6 Å². The highest BCUT2D eigenvalue weighted by atomic mass is 32.1. The molecule has 33 heavy (non-hydrogen) atoms. The Morgan fingerprint density at radius 3 is 2.73 bits per heavy atom. The summed E-state index contributed by atoms with van der Waals surface area (Å²) in [5, 5.41) is 6.62. The van der Waals surface area contributed by atoms with E-state index in [1.54, 1.807) is 18.3 Å². The zero-order valence-electron chi connectivity index (χ0n) is 18.2. The number of nitrogens with one attached hydrogen (secondary N) is 2. The van der Waals surface area contributed by atoms with Crippen LogP contribution in [-0.4, -0.2) is 36.6 Å². The molecule has 8 heteroatoms. The van der Waals surface area contributed by atoms with Gasteiger partial charge in [0.1, 0.15) is 18.2 Å². The van der Waals surface area contributed by atoms with Gasteiger partial charge in [-0.1, -0.05) is 6.07 Å². The minimum absolute atomic E-state index is 0.145. The Kier molecular flexibility index (Phi) is 6.26. The maximum atomic E-state index is 13.2. The summed E-state index contributed by atoms with van der Waals surface area (Å²) in [6.07, 6.45) is 7.79. The number of hydrogen-bond donors (Lipinski definition) is 2. The second kappa shape index (κ2) is 9.62. The van der Waals surface area contributed by atoms with E-state index in [4.69, 9.17) is 9.47 Å². The van der Waals surface area contributed by atoms with Gasteiger partial charge in [-0.2, -0.15) is 0 Å². The fourth-order valence-electron chi connectivity index (χ4n) is 4.22. The Morgan fingerprint density at radius 1 is 1.03 bits per heavy atom. The number of aryl methyl sites for hydroxylation is 1. The van der Waals surface area contributed by atoms with Crippen LogP contribution in [0.4, 0.5) is 5.00 Å². The molecule has 5 rings (SSSR count). The van der Waals surface area contributed by atoms with Crippen LogP contribution in [0, 0.1) is 0 Å². The van der Waals surface area contributed by atoms with Crippen LogP contribution in [0.1, 0.15) is 49.6 Å². The number of ether oxygens (including phenoxy) is 2. The van der Waals surface area contributed by atoms with Crippen molar-refractivity contribution in [3.63, 3.8) is 0 Å². The standard InChI is InChI=1S/C25H25N3O4S/c29-23(17-4-3-10-26-15-17)28-25-22(18-5-1-2-6-21(18)33-25)24(30)27-11-9-16-7-8-19-20(14-16)32-13-12-31-19/h3-4,7-8,10,14-15H,1-2,5-6,9,11-13H2,(H,27,30)(H,28,29). The maximum absolute atomic E-state index is 13.2. The molecule has 0 atom stereocenters. The molecule has 3 aromatic rings. The van der Waals surface area contributed by atoms with Crippen molar-refractivity contribution in [1.82, 2.24) is 10.3 Å². The second-order valence-electron chi connectivity index (χ2n) is 8.09. The minimum Gasteiger partial charge on any atom is -0.486 e. The van der Waals surface area contributed by atoms with Gasteiger partial charge in [-0.25, -0.2) is 0 Å². The number of nitrogens with zero attached hydrogens (tertiary/aromatic N) is 1. The molecule has 0 radical (unpaired) electrons. The van der Waals surface area contributed by atoms with E-state index in [9.17, 15) is 9.59 Å². The van der Waals surface area contributed by atoms with Crippen LogP contribution in [-0.2, 0) is 19.3 Å². The third-order valence-corrected chi connectivity index (χ3v) is 7.06. The number of fused-ring (bicyclic) bond motifs is 2. The lowest BCUT2D eigenvalue weighted by molar-refractivity contribution is 0.0954. The first-order chi connectivity index (χ1) is 16.2. The van der Waals surface area contributed by atoms with Gasteiger partial charge in [-0.15, -0.1) is 11.3 Å². The van der Waals surface area contributed by atoms with E-state index < -0.39 is 0 Å². The number of amides is 2. The summed E-state index contributed by atoms with van der Waals surface area (Å²) < 4.78 is 11.2. The van der Waals surface area contributed by atoms with Crippen LogP contribution in [0.5, 0.6) is 11.5 Å². The Balaban J connectivity index is 1.29. The first-order valence-corrected chi connectivity index (χ1v) is 12.0. The Labute approximate surface area is 196 Å². The van der Waals surface area contributed by atoms with Crippen LogP contribution in [0.25, 0.3) is 0 Å².